The Morgan fingerprint density at radius 3 is 2.79 bits per heavy atom. The summed E-state index contributed by atoms with van der Waals surface area (Å²) in [6.45, 7) is 2.04. The normalized spacial score (nSPS) is 12.8. The zero-order chi connectivity index (χ0) is 10.6. The van der Waals surface area contributed by atoms with Crippen molar-refractivity contribution < 1.29 is 4.39 Å². The SMILES string of the molecule is CCCC(NN)c1cc(F)ccc1N. The fourth-order valence-corrected chi connectivity index (χ4v) is 1.46. The topological polar surface area (TPSA) is 64.1 Å². The number of nitrogen functional groups attached to an aromatic ring is 1. The zero-order valence-electron chi connectivity index (χ0n) is 8.26. The van der Waals surface area contributed by atoms with Crippen molar-refractivity contribution in [2.75, 3.05) is 5.73 Å². The second kappa shape index (κ2) is 4.93. The molecule has 0 bridgehead atoms. The molecule has 0 saturated carbocycles. The lowest BCUT2D eigenvalue weighted by Gasteiger charge is -2.17. The molecule has 14 heavy (non-hydrogen) atoms. The summed E-state index contributed by atoms with van der Waals surface area (Å²) in [5.41, 5.74) is 9.68. The molecule has 0 heterocycles. The zero-order valence-corrected chi connectivity index (χ0v) is 8.26. The Morgan fingerprint density at radius 2 is 2.21 bits per heavy atom. The van der Waals surface area contributed by atoms with E-state index < -0.39 is 0 Å². The van der Waals surface area contributed by atoms with Gasteiger partial charge in [-0.05, 0) is 30.2 Å². The Kier molecular flexibility index (Phi) is 3.85. The van der Waals surface area contributed by atoms with E-state index in [1.54, 1.807) is 6.07 Å². The molecule has 1 unspecified atom stereocenters. The first kappa shape index (κ1) is 10.9. The molecular formula is C10H16FN3. The van der Waals surface area contributed by atoms with E-state index in [0.29, 0.717) is 5.69 Å². The Balaban J connectivity index is 2.96. The molecule has 1 aromatic rings. The van der Waals surface area contributed by atoms with Gasteiger partial charge in [-0.25, -0.2) is 4.39 Å². The largest absolute Gasteiger partial charge is 0.398 e. The maximum atomic E-state index is 13.0. The van der Waals surface area contributed by atoms with Crippen molar-refractivity contribution in [1.82, 2.24) is 5.43 Å². The van der Waals surface area contributed by atoms with Gasteiger partial charge in [0.2, 0.25) is 0 Å². The summed E-state index contributed by atoms with van der Waals surface area (Å²) in [6, 6.07) is 4.26. The highest BCUT2D eigenvalue weighted by Crippen LogP contribution is 2.24. The summed E-state index contributed by atoms with van der Waals surface area (Å²) in [5, 5.41) is 0. The van der Waals surface area contributed by atoms with Crippen molar-refractivity contribution >= 4 is 5.69 Å². The van der Waals surface area contributed by atoms with Crippen LogP contribution in [-0.2, 0) is 0 Å². The molecule has 0 aliphatic carbocycles. The van der Waals surface area contributed by atoms with Crippen molar-refractivity contribution in [3.63, 3.8) is 0 Å². The van der Waals surface area contributed by atoms with Crippen molar-refractivity contribution in [3.05, 3.63) is 29.6 Å². The van der Waals surface area contributed by atoms with Crippen LogP contribution in [0.3, 0.4) is 0 Å². The van der Waals surface area contributed by atoms with Crippen LogP contribution in [0, 0.1) is 5.82 Å². The van der Waals surface area contributed by atoms with Gasteiger partial charge in [-0.1, -0.05) is 13.3 Å². The van der Waals surface area contributed by atoms with Crippen molar-refractivity contribution in [2.24, 2.45) is 5.84 Å². The van der Waals surface area contributed by atoms with E-state index in [0.717, 1.165) is 18.4 Å². The van der Waals surface area contributed by atoms with Gasteiger partial charge in [0.15, 0.2) is 0 Å². The predicted octanol–water partition coefficient (Wildman–Crippen LogP) is 1.71. The van der Waals surface area contributed by atoms with Crippen molar-refractivity contribution in [2.45, 2.75) is 25.8 Å². The second-order valence-corrected chi connectivity index (χ2v) is 3.28. The fourth-order valence-electron chi connectivity index (χ4n) is 1.46. The summed E-state index contributed by atoms with van der Waals surface area (Å²) >= 11 is 0. The number of benzene rings is 1. The van der Waals surface area contributed by atoms with Crippen LogP contribution in [0.1, 0.15) is 31.4 Å². The lowest BCUT2D eigenvalue weighted by Crippen LogP contribution is -2.28. The van der Waals surface area contributed by atoms with Crippen LogP contribution in [0.25, 0.3) is 0 Å². The Hall–Kier alpha value is -1.13. The maximum absolute atomic E-state index is 13.0. The van der Waals surface area contributed by atoms with Crippen LogP contribution >= 0.6 is 0 Å². The average molecular weight is 197 g/mol. The lowest BCUT2D eigenvalue weighted by atomic mass is 10.0. The Morgan fingerprint density at radius 1 is 1.50 bits per heavy atom. The third kappa shape index (κ3) is 2.43. The number of anilines is 1. The van der Waals surface area contributed by atoms with E-state index in [9.17, 15) is 4.39 Å². The molecule has 0 radical (unpaired) electrons. The molecule has 0 aromatic heterocycles. The first-order valence-electron chi connectivity index (χ1n) is 4.70. The van der Waals surface area contributed by atoms with E-state index in [-0.39, 0.29) is 11.9 Å². The first-order valence-corrected chi connectivity index (χ1v) is 4.70. The highest BCUT2D eigenvalue weighted by Gasteiger charge is 2.12. The molecule has 0 saturated heterocycles. The Labute approximate surface area is 83.3 Å². The van der Waals surface area contributed by atoms with Crippen LogP contribution in [-0.4, -0.2) is 0 Å². The number of nitrogens with one attached hydrogen (secondary N) is 1. The number of hydrogen-bond donors (Lipinski definition) is 3. The number of hydrogen-bond acceptors (Lipinski definition) is 3. The van der Waals surface area contributed by atoms with Gasteiger partial charge in [0.25, 0.3) is 0 Å². The quantitative estimate of drug-likeness (QED) is 0.391. The lowest BCUT2D eigenvalue weighted by molar-refractivity contribution is 0.507. The summed E-state index contributed by atoms with van der Waals surface area (Å²) in [5.74, 6) is 5.10. The van der Waals surface area contributed by atoms with Gasteiger partial charge in [-0.3, -0.25) is 11.3 Å². The summed E-state index contributed by atoms with van der Waals surface area (Å²) < 4.78 is 13.0. The number of nitrogens with two attached hydrogens (primary N) is 2. The molecule has 0 aliphatic rings. The van der Waals surface area contributed by atoms with E-state index in [1.165, 1.54) is 12.1 Å². The highest BCUT2D eigenvalue weighted by molar-refractivity contribution is 5.48. The molecule has 0 amide bonds. The molecule has 3 nitrogen and oxygen atoms in total. The minimum Gasteiger partial charge on any atom is -0.398 e. The highest BCUT2D eigenvalue weighted by atomic mass is 19.1. The van der Waals surface area contributed by atoms with Gasteiger partial charge in [0.05, 0.1) is 0 Å². The molecule has 0 spiro atoms. The molecule has 78 valence electrons. The van der Waals surface area contributed by atoms with Gasteiger partial charge in [0, 0.05) is 11.7 Å². The molecule has 1 aromatic carbocycles. The Bertz CT molecular complexity index is 301. The minimum atomic E-state index is -0.287. The van der Waals surface area contributed by atoms with Crippen LogP contribution in [0.5, 0.6) is 0 Å². The molecule has 0 aliphatic heterocycles. The predicted molar refractivity (Wildman–Crippen MR) is 55.8 cm³/mol. The third-order valence-electron chi connectivity index (χ3n) is 2.20. The van der Waals surface area contributed by atoms with Crippen LogP contribution in [0.15, 0.2) is 18.2 Å². The van der Waals surface area contributed by atoms with Crippen LogP contribution < -0.4 is 17.0 Å². The molecule has 1 rings (SSSR count). The summed E-state index contributed by atoms with van der Waals surface area (Å²) in [4.78, 5) is 0. The molecular weight excluding hydrogens is 181 g/mol. The van der Waals surface area contributed by atoms with Crippen molar-refractivity contribution in [1.29, 1.82) is 0 Å². The summed E-state index contributed by atoms with van der Waals surface area (Å²) in [6.07, 6.45) is 1.80. The standard InChI is InChI=1S/C10H16FN3/c1-2-3-10(14-13)8-6-7(11)4-5-9(8)12/h4-6,10,14H,2-3,12-13H2,1H3. The van der Waals surface area contributed by atoms with Crippen LogP contribution in [0.4, 0.5) is 10.1 Å². The van der Waals surface area contributed by atoms with Crippen molar-refractivity contribution in [3.8, 4) is 0 Å². The molecule has 0 fully saturated rings. The second-order valence-electron chi connectivity index (χ2n) is 3.28. The molecule has 1 atom stereocenters. The first-order chi connectivity index (χ1) is 6.69. The van der Waals surface area contributed by atoms with E-state index in [2.05, 4.69) is 5.43 Å². The van der Waals surface area contributed by atoms with Gasteiger partial charge in [-0.2, -0.15) is 0 Å². The van der Waals surface area contributed by atoms with E-state index >= 15 is 0 Å². The van der Waals surface area contributed by atoms with Gasteiger partial charge >= 0.3 is 0 Å². The molecule has 4 heteroatoms. The van der Waals surface area contributed by atoms with E-state index in [1.807, 2.05) is 6.92 Å². The maximum Gasteiger partial charge on any atom is 0.123 e. The monoisotopic (exact) mass is 197 g/mol. The van der Waals surface area contributed by atoms with E-state index in [4.69, 9.17) is 11.6 Å². The fraction of sp³-hybridized carbons (Fsp3) is 0.400. The number of halogens is 1. The van der Waals surface area contributed by atoms with Gasteiger partial charge in [0.1, 0.15) is 5.82 Å². The average Bonchev–Trinajstić information content (AvgIpc) is 2.18. The summed E-state index contributed by atoms with van der Waals surface area (Å²) in [7, 11) is 0. The van der Waals surface area contributed by atoms with Gasteiger partial charge < -0.3 is 5.73 Å². The third-order valence-corrected chi connectivity index (χ3v) is 2.20. The number of rotatable bonds is 4. The smallest absolute Gasteiger partial charge is 0.123 e. The minimum absolute atomic E-state index is 0.0734. The number of hydrazine groups is 1. The molecule has 5 N–H and O–H groups in total. The van der Waals surface area contributed by atoms with Crippen LogP contribution in [0.2, 0.25) is 0 Å². The van der Waals surface area contributed by atoms with Gasteiger partial charge in [-0.15, -0.1) is 0 Å².